The van der Waals surface area contributed by atoms with Crippen LogP contribution < -0.4 is 0 Å². The number of nitriles is 1. The lowest BCUT2D eigenvalue weighted by atomic mass is 9.98. The summed E-state index contributed by atoms with van der Waals surface area (Å²) < 4.78 is 0. The number of nitro groups is 1. The van der Waals surface area contributed by atoms with Crippen LogP contribution in [0.25, 0.3) is 0 Å². The highest BCUT2D eigenvalue weighted by Gasteiger charge is 2.23. The van der Waals surface area contributed by atoms with E-state index in [1.807, 2.05) is 0 Å². The molecule has 0 saturated carbocycles. The number of carbonyl (C=O) groups is 2. The molecule has 0 spiro atoms. The zero-order valence-electron chi connectivity index (χ0n) is 8.26. The maximum Gasteiger partial charge on any atom is 0.281 e. The van der Waals surface area contributed by atoms with E-state index >= 15 is 0 Å². The summed E-state index contributed by atoms with van der Waals surface area (Å²) in [6, 6.07) is 3.83. The number of ketones is 1. The normalized spacial score (nSPS) is 9.25. The molecule has 0 atom stereocenters. The Kier molecular flexibility index (Phi) is 3.11. The summed E-state index contributed by atoms with van der Waals surface area (Å²) in [6.45, 7) is 1.11. The van der Waals surface area contributed by atoms with Gasteiger partial charge in [0.2, 0.25) is 0 Å². The predicted molar refractivity (Wildman–Crippen MR) is 53.2 cm³/mol. The van der Waals surface area contributed by atoms with Gasteiger partial charge in [-0.25, -0.2) is 0 Å². The Balaban J connectivity index is 3.72. The van der Waals surface area contributed by atoms with Crippen LogP contribution in [0.4, 0.5) is 5.69 Å². The van der Waals surface area contributed by atoms with Gasteiger partial charge in [0.15, 0.2) is 12.1 Å². The number of nitro benzene ring substituents is 1. The van der Waals surface area contributed by atoms with Gasteiger partial charge in [0.1, 0.15) is 11.6 Å². The van der Waals surface area contributed by atoms with Gasteiger partial charge in [-0.15, -0.1) is 0 Å². The molecule has 0 saturated heterocycles. The van der Waals surface area contributed by atoms with E-state index in [9.17, 15) is 19.7 Å². The van der Waals surface area contributed by atoms with Crippen molar-refractivity contribution in [2.45, 2.75) is 6.92 Å². The van der Waals surface area contributed by atoms with Gasteiger partial charge in [-0.3, -0.25) is 19.7 Å². The quantitative estimate of drug-likeness (QED) is 0.331. The summed E-state index contributed by atoms with van der Waals surface area (Å²) in [5.74, 6) is -0.619. The van der Waals surface area contributed by atoms with Gasteiger partial charge in [0, 0.05) is 11.6 Å². The SMILES string of the molecule is CC(=O)c1c([N+](=O)[O-])ccc(C=O)c1C#N. The van der Waals surface area contributed by atoms with E-state index in [1.54, 1.807) is 6.07 Å². The molecule has 1 aromatic carbocycles. The van der Waals surface area contributed by atoms with E-state index < -0.39 is 16.4 Å². The Morgan fingerprint density at radius 1 is 1.56 bits per heavy atom. The smallest absolute Gasteiger partial charge is 0.281 e. The van der Waals surface area contributed by atoms with Gasteiger partial charge in [-0.05, 0) is 13.0 Å². The zero-order chi connectivity index (χ0) is 12.3. The van der Waals surface area contributed by atoms with E-state index in [4.69, 9.17) is 5.26 Å². The first-order valence-electron chi connectivity index (χ1n) is 4.20. The van der Waals surface area contributed by atoms with Crippen molar-refractivity contribution < 1.29 is 14.5 Å². The van der Waals surface area contributed by atoms with Gasteiger partial charge in [0.05, 0.1) is 10.5 Å². The van der Waals surface area contributed by atoms with Crippen molar-refractivity contribution in [2.75, 3.05) is 0 Å². The fourth-order valence-corrected chi connectivity index (χ4v) is 1.33. The highest BCUT2D eigenvalue weighted by Crippen LogP contribution is 2.24. The van der Waals surface area contributed by atoms with Crippen LogP contribution in [0.5, 0.6) is 0 Å². The molecule has 6 nitrogen and oxygen atoms in total. The Bertz CT molecular complexity index is 528. The van der Waals surface area contributed by atoms with E-state index in [0.717, 1.165) is 19.1 Å². The fourth-order valence-electron chi connectivity index (χ4n) is 1.33. The minimum atomic E-state index is -0.758. The third-order valence-corrected chi connectivity index (χ3v) is 2.00. The molecule has 0 heterocycles. The van der Waals surface area contributed by atoms with Gasteiger partial charge in [-0.2, -0.15) is 5.26 Å². The average molecular weight is 218 g/mol. The first-order valence-corrected chi connectivity index (χ1v) is 4.20. The van der Waals surface area contributed by atoms with E-state index in [2.05, 4.69) is 0 Å². The van der Waals surface area contributed by atoms with Crippen LogP contribution in [-0.2, 0) is 0 Å². The number of hydrogen-bond acceptors (Lipinski definition) is 5. The third kappa shape index (κ3) is 1.79. The van der Waals surface area contributed by atoms with Gasteiger partial charge >= 0.3 is 0 Å². The summed E-state index contributed by atoms with van der Waals surface area (Å²) in [4.78, 5) is 31.7. The maximum atomic E-state index is 11.2. The monoisotopic (exact) mass is 218 g/mol. The molecule has 6 heteroatoms. The largest absolute Gasteiger partial charge is 0.298 e. The van der Waals surface area contributed by atoms with Gasteiger partial charge < -0.3 is 0 Å². The third-order valence-electron chi connectivity index (χ3n) is 2.00. The maximum absolute atomic E-state index is 11.2. The van der Waals surface area contributed by atoms with E-state index in [-0.39, 0.29) is 16.7 Å². The average Bonchev–Trinajstić information content (AvgIpc) is 2.26. The number of Topliss-reactive ketones (excluding diaryl/α,β-unsaturated/α-hetero) is 1. The Hall–Kier alpha value is -2.55. The molecule has 80 valence electrons. The molecule has 1 aromatic rings. The number of nitrogens with zero attached hydrogens (tertiary/aromatic N) is 2. The van der Waals surface area contributed by atoms with Crippen molar-refractivity contribution in [3.63, 3.8) is 0 Å². The second-order valence-corrected chi connectivity index (χ2v) is 2.97. The topological polar surface area (TPSA) is 101 Å². The molecule has 0 unspecified atom stereocenters. The molecule has 0 aliphatic rings. The first-order chi connectivity index (χ1) is 7.52. The fraction of sp³-hybridized carbons (Fsp3) is 0.100. The number of rotatable bonds is 3. The number of carbonyl (C=O) groups excluding carboxylic acids is 2. The summed E-state index contributed by atoms with van der Waals surface area (Å²) in [5, 5.41) is 19.5. The molecule has 0 N–H and O–H groups in total. The number of benzene rings is 1. The molecular weight excluding hydrogens is 212 g/mol. The second kappa shape index (κ2) is 4.31. The van der Waals surface area contributed by atoms with Crippen molar-refractivity contribution in [2.24, 2.45) is 0 Å². The van der Waals surface area contributed by atoms with Crippen molar-refractivity contribution in [3.8, 4) is 6.07 Å². The Morgan fingerprint density at radius 2 is 2.19 bits per heavy atom. The highest BCUT2D eigenvalue weighted by atomic mass is 16.6. The minimum absolute atomic E-state index is 0.0294. The van der Waals surface area contributed by atoms with Crippen LogP contribution in [-0.4, -0.2) is 17.0 Å². The predicted octanol–water partition coefficient (Wildman–Crippen LogP) is 1.48. The molecule has 0 aromatic heterocycles. The van der Waals surface area contributed by atoms with Crippen LogP contribution in [0.2, 0.25) is 0 Å². The van der Waals surface area contributed by atoms with Crippen molar-refractivity contribution in [1.29, 1.82) is 5.26 Å². The molecule has 0 aliphatic carbocycles. The van der Waals surface area contributed by atoms with Crippen LogP contribution in [0, 0.1) is 21.4 Å². The molecule has 0 bridgehead atoms. The summed E-state index contributed by atoms with van der Waals surface area (Å²) in [5.41, 5.74) is -1.07. The lowest BCUT2D eigenvalue weighted by Crippen LogP contribution is -2.05. The molecule has 0 aliphatic heterocycles. The van der Waals surface area contributed by atoms with Gasteiger partial charge in [-0.1, -0.05) is 0 Å². The lowest BCUT2D eigenvalue weighted by molar-refractivity contribution is -0.385. The standard InChI is InChI=1S/C10H6N2O4/c1-6(14)10-8(4-11)7(5-13)2-3-9(10)12(15)16/h2-3,5H,1H3. The van der Waals surface area contributed by atoms with Crippen molar-refractivity contribution in [3.05, 3.63) is 38.9 Å². The molecule has 0 amide bonds. The summed E-state index contributed by atoms with van der Waals surface area (Å²) >= 11 is 0. The molecule has 1 rings (SSSR count). The molecule has 16 heavy (non-hydrogen) atoms. The second-order valence-electron chi connectivity index (χ2n) is 2.97. The van der Waals surface area contributed by atoms with Crippen LogP contribution in [0.1, 0.15) is 33.2 Å². The Labute approximate surface area is 90.3 Å². The highest BCUT2D eigenvalue weighted by molar-refractivity contribution is 6.02. The molecule has 0 fully saturated rings. The summed E-state index contributed by atoms with van der Waals surface area (Å²) in [6.07, 6.45) is 0.384. The molecular formula is C10H6N2O4. The number of aldehydes is 1. The van der Waals surface area contributed by atoms with Gasteiger partial charge in [0.25, 0.3) is 5.69 Å². The lowest BCUT2D eigenvalue weighted by Gasteiger charge is -2.03. The Morgan fingerprint density at radius 3 is 2.56 bits per heavy atom. The number of hydrogen-bond donors (Lipinski definition) is 0. The van der Waals surface area contributed by atoms with E-state index in [1.165, 1.54) is 0 Å². The van der Waals surface area contributed by atoms with Crippen molar-refractivity contribution in [1.82, 2.24) is 0 Å². The van der Waals surface area contributed by atoms with E-state index in [0.29, 0.717) is 6.29 Å². The van der Waals surface area contributed by atoms with Crippen molar-refractivity contribution >= 4 is 17.8 Å². The summed E-state index contributed by atoms with van der Waals surface area (Å²) in [7, 11) is 0. The zero-order valence-corrected chi connectivity index (χ0v) is 8.26. The van der Waals surface area contributed by atoms with Crippen LogP contribution in [0.3, 0.4) is 0 Å². The first kappa shape index (κ1) is 11.5. The van der Waals surface area contributed by atoms with Crippen LogP contribution in [0.15, 0.2) is 12.1 Å². The minimum Gasteiger partial charge on any atom is -0.298 e. The van der Waals surface area contributed by atoms with Crippen LogP contribution >= 0.6 is 0 Å². The molecule has 0 radical (unpaired) electrons.